The van der Waals surface area contributed by atoms with E-state index in [4.69, 9.17) is 20.5 Å². The molecule has 0 heterocycles. The fourth-order valence-electron chi connectivity index (χ4n) is 2.14. The topological polar surface area (TPSA) is 69.7 Å². The van der Waals surface area contributed by atoms with Gasteiger partial charge in [-0.1, -0.05) is 36.6 Å². The summed E-state index contributed by atoms with van der Waals surface area (Å²) in [6, 6.07) is 7.67. The van der Waals surface area contributed by atoms with Gasteiger partial charge in [-0.25, -0.2) is 4.79 Å². The zero-order valence-corrected chi connectivity index (χ0v) is 15.0. The maximum Gasteiger partial charge on any atom is 0.336 e. The molecular weight excluding hydrogens is 340 g/mol. The molecule has 0 saturated carbocycles. The van der Waals surface area contributed by atoms with Crippen molar-refractivity contribution in [1.82, 2.24) is 0 Å². The zero-order chi connectivity index (χ0) is 17.3. The van der Waals surface area contributed by atoms with Crippen LogP contribution in [0.4, 0.5) is 0 Å². The molecule has 23 heavy (non-hydrogen) atoms. The molecule has 1 atom stereocenters. The number of aryl methyl sites for hydroxylation is 1. The Hall–Kier alpha value is -1.11. The molecule has 0 spiro atoms. The average molecular weight is 363 g/mol. The van der Waals surface area contributed by atoms with Gasteiger partial charge in [-0.2, -0.15) is 8.42 Å². The van der Waals surface area contributed by atoms with Crippen LogP contribution in [0, 0.1) is 0 Å². The number of unbranched alkanes of at least 4 members (excludes halogenated alkanes) is 2. The molecule has 130 valence electrons. The maximum absolute atomic E-state index is 11.7. The predicted octanol–water partition coefficient (Wildman–Crippen LogP) is 3.35. The summed E-state index contributed by atoms with van der Waals surface area (Å²) in [5.41, 5.74) is 1.20. The number of carbonyl (C=O) groups excluding carboxylic acids is 1. The number of carbonyl (C=O) groups is 1. The molecule has 0 aromatic heterocycles. The Morgan fingerprint density at radius 1 is 1.17 bits per heavy atom. The van der Waals surface area contributed by atoms with E-state index in [2.05, 4.69) is 0 Å². The first-order valence-corrected chi connectivity index (χ1v) is 9.80. The quantitative estimate of drug-likeness (QED) is 0.362. The van der Waals surface area contributed by atoms with Crippen molar-refractivity contribution in [3.8, 4) is 0 Å². The molecule has 5 nitrogen and oxygen atoms in total. The Labute approximate surface area is 143 Å². The van der Waals surface area contributed by atoms with Crippen molar-refractivity contribution in [2.45, 2.75) is 45.1 Å². The number of benzene rings is 1. The molecule has 1 aromatic carbocycles. The highest BCUT2D eigenvalue weighted by Crippen LogP contribution is 2.15. The summed E-state index contributed by atoms with van der Waals surface area (Å²) < 4.78 is 32.1. The van der Waals surface area contributed by atoms with Gasteiger partial charge in [0.15, 0.2) is 6.10 Å². The minimum Gasteiger partial charge on any atom is -0.464 e. The van der Waals surface area contributed by atoms with Crippen molar-refractivity contribution in [2.24, 2.45) is 0 Å². The van der Waals surface area contributed by atoms with E-state index < -0.39 is 22.2 Å². The molecule has 0 aliphatic heterocycles. The zero-order valence-electron chi connectivity index (χ0n) is 13.5. The normalized spacial score (nSPS) is 12.8. The number of esters is 1. The lowest BCUT2D eigenvalue weighted by molar-refractivity contribution is -0.151. The SMILES string of the molecule is CCOC(=O)C(CCCCCc1ccc(Cl)cc1)OS(C)(=O)=O. The third-order valence-corrected chi connectivity index (χ3v) is 4.02. The second-order valence-corrected chi connectivity index (χ2v) is 7.30. The highest BCUT2D eigenvalue weighted by Gasteiger charge is 2.24. The monoisotopic (exact) mass is 362 g/mol. The van der Waals surface area contributed by atoms with Crippen molar-refractivity contribution in [1.29, 1.82) is 0 Å². The first kappa shape index (κ1) is 19.9. The standard InChI is InChI=1S/C16H23ClO5S/c1-3-21-16(18)15(22-23(2,19)20)8-6-4-5-7-13-9-11-14(17)12-10-13/h9-12,15H,3-8H2,1-2H3. The van der Waals surface area contributed by atoms with Crippen LogP contribution in [0.2, 0.25) is 5.02 Å². The number of rotatable bonds is 10. The predicted molar refractivity (Wildman–Crippen MR) is 90.0 cm³/mol. The summed E-state index contributed by atoms with van der Waals surface area (Å²) in [4.78, 5) is 11.7. The van der Waals surface area contributed by atoms with Gasteiger partial charge in [0.25, 0.3) is 10.1 Å². The first-order valence-electron chi connectivity index (χ1n) is 7.61. The van der Waals surface area contributed by atoms with Gasteiger partial charge in [-0.15, -0.1) is 0 Å². The summed E-state index contributed by atoms with van der Waals surface area (Å²) in [6.45, 7) is 1.86. The van der Waals surface area contributed by atoms with E-state index in [1.807, 2.05) is 24.3 Å². The van der Waals surface area contributed by atoms with E-state index in [0.29, 0.717) is 17.9 Å². The van der Waals surface area contributed by atoms with Crippen LogP contribution in [0.25, 0.3) is 0 Å². The highest BCUT2D eigenvalue weighted by atomic mass is 35.5. The molecule has 0 radical (unpaired) electrons. The van der Waals surface area contributed by atoms with E-state index >= 15 is 0 Å². The summed E-state index contributed by atoms with van der Waals surface area (Å²) in [6.07, 6.45) is 3.61. The molecule has 1 aromatic rings. The van der Waals surface area contributed by atoms with Crippen molar-refractivity contribution in [3.63, 3.8) is 0 Å². The highest BCUT2D eigenvalue weighted by molar-refractivity contribution is 7.86. The molecule has 1 rings (SSSR count). The molecular formula is C16H23ClO5S. The van der Waals surface area contributed by atoms with Gasteiger partial charge in [0.1, 0.15) is 0 Å². The van der Waals surface area contributed by atoms with Crippen LogP contribution < -0.4 is 0 Å². The Bertz CT molecular complexity index is 583. The average Bonchev–Trinajstić information content (AvgIpc) is 2.46. The summed E-state index contributed by atoms with van der Waals surface area (Å²) in [5, 5.41) is 0.712. The second kappa shape index (κ2) is 9.90. The minimum absolute atomic E-state index is 0.193. The van der Waals surface area contributed by atoms with Crippen LogP contribution in [0.15, 0.2) is 24.3 Å². The molecule has 0 aliphatic carbocycles. The molecule has 0 saturated heterocycles. The van der Waals surface area contributed by atoms with E-state index in [1.165, 1.54) is 5.56 Å². The summed E-state index contributed by atoms with van der Waals surface area (Å²) in [7, 11) is -3.69. The van der Waals surface area contributed by atoms with Gasteiger partial charge in [0, 0.05) is 5.02 Å². The van der Waals surface area contributed by atoms with Crippen LogP contribution in [0.5, 0.6) is 0 Å². The smallest absolute Gasteiger partial charge is 0.336 e. The molecule has 0 N–H and O–H groups in total. The molecule has 0 aliphatic rings. The number of halogens is 1. The molecule has 0 fully saturated rings. The molecule has 0 bridgehead atoms. The Morgan fingerprint density at radius 2 is 1.83 bits per heavy atom. The minimum atomic E-state index is -3.69. The lowest BCUT2D eigenvalue weighted by Gasteiger charge is -2.14. The van der Waals surface area contributed by atoms with E-state index in [9.17, 15) is 13.2 Å². The first-order chi connectivity index (χ1) is 10.8. The van der Waals surface area contributed by atoms with E-state index in [-0.39, 0.29) is 6.61 Å². The van der Waals surface area contributed by atoms with Crippen LogP contribution in [-0.4, -0.2) is 33.4 Å². The number of hydrogen-bond donors (Lipinski definition) is 0. The second-order valence-electron chi connectivity index (χ2n) is 5.27. The van der Waals surface area contributed by atoms with Crippen LogP contribution >= 0.6 is 11.6 Å². The molecule has 0 amide bonds. The van der Waals surface area contributed by atoms with Gasteiger partial charge in [0.05, 0.1) is 12.9 Å². The summed E-state index contributed by atoms with van der Waals surface area (Å²) in [5.74, 6) is -0.629. The van der Waals surface area contributed by atoms with Gasteiger partial charge in [-0.05, 0) is 43.9 Å². The van der Waals surface area contributed by atoms with Crippen LogP contribution in [-0.2, 0) is 30.3 Å². The molecule has 7 heteroatoms. The Balaban J connectivity index is 2.36. The fraction of sp³-hybridized carbons (Fsp3) is 0.562. The third-order valence-electron chi connectivity index (χ3n) is 3.19. The van der Waals surface area contributed by atoms with Gasteiger partial charge < -0.3 is 4.74 Å². The van der Waals surface area contributed by atoms with E-state index in [0.717, 1.165) is 25.5 Å². The van der Waals surface area contributed by atoms with Crippen molar-refractivity contribution in [3.05, 3.63) is 34.9 Å². The lowest BCUT2D eigenvalue weighted by Crippen LogP contribution is -2.29. The van der Waals surface area contributed by atoms with Crippen molar-refractivity contribution < 1.29 is 22.1 Å². The largest absolute Gasteiger partial charge is 0.464 e. The van der Waals surface area contributed by atoms with Gasteiger partial charge in [0.2, 0.25) is 0 Å². The van der Waals surface area contributed by atoms with Crippen LogP contribution in [0.3, 0.4) is 0 Å². The Kier molecular flexibility index (Phi) is 8.58. The maximum atomic E-state index is 11.7. The van der Waals surface area contributed by atoms with E-state index in [1.54, 1.807) is 6.92 Å². The Morgan fingerprint density at radius 3 is 2.39 bits per heavy atom. The fourth-order valence-corrected chi connectivity index (χ4v) is 2.86. The van der Waals surface area contributed by atoms with Gasteiger partial charge >= 0.3 is 5.97 Å². The summed E-state index contributed by atoms with van der Waals surface area (Å²) >= 11 is 5.83. The number of ether oxygens (including phenoxy) is 1. The third kappa shape index (κ3) is 8.93. The molecule has 1 unspecified atom stereocenters. The van der Waals surface area contributed by atoms with Crippen molar-refractivity contribution in [2.75, 3.05) is 12.9 Å². The van der Waals surface area contributed by atoms with Gasteiger partial charge in [-0.3, -0.25) is 4.18 Å². The van der Waals surface area contributed by atoms with Crippen molar-refractivity contribution >= 4 is 27.7 Å². The number of hydrogen-bond acceptors (Lipinski definition) is 5. The van der Waals surface area contributed by atoms with Crippen LogP contribution in [0.1, 0.15) is 38.2 Å². The lowest BCUT2D eigenvalue weighted by atomic mass is 10.0.